The lowest BCUT2D eigenvalue weighted by Crippen LogP contribution is -2.45. The van der Waals surface area contributed by atoms with Gasteiger partial charge in [0.1, 0.15) is 5.82 Å². The Labute approximate surface area is 128 Å². The molecule has 0 radical (unpaired) electrons. The Kier molecular flexibility index (Phi) is 3.16. The van der Waals surface area contributed by atoms with Crippen LogP contribution in [0.1, 0.15) is 0 Å². The van der Waals surface area contributed by atoms with Crippen molar-refractivity contribution in [3.05, 3.63) is 36.5 Å². The molecule has 1 aliphatic heterocycles. The summed E-state index contributed by atoms with van der Waals surface area (Å²) in [7, 11) is 0. The van der Waals surface area contributed by atoms with Gasteiger partial charge in [-0.15, -0.1) is 0 Å². The number of aromatic amines is 1. The molecule has 0 unspecified atom stereocenters. The molecule has 0 atom stereocenters. The van der Waals surface area contributed by atoms with Crippen molar-refractivity contribution in [3.63, 3.8) is 0 Å². The number of benzene rings is 1. The molecule has 4 rings (SSSR count). The van der Waals surface area contributed by atoms with Crippen LogP contribution in [0, 0.1) is 5.92 Å². The number of anilines is 2. The molecule has 1 fully saturated rings. The maximum Gasteiger partial charge on any atom is 0.126 e. The monoisotopic (exact) mass is 294 g/mol. The van der Waals surface area contributed by atoms with Crippen molar-refractivity contribution in [3.8, 4) is 11.3 Å². The fraction of sp³-hybridized carbons (Fsp3) is 0.250. The summed E-state index contributed by atoms with van der Waals surface area (Å²) < 4.78 is 0. The second kappa shape index (κ2) is 5.31. The molecule has 6 nitrogen and oxygen atoms in total. The average Bonchev–Trinajstić information content (AvgIpc) is 2.98. The zero-order valence-electron chi connectivity index (χ0n) is 12.1. The zero-order chi connectivity index (χ0) is 14.9. The molecule has 5 N–H and O–H groups in total. The van der Waals surface area contributed by atoms with Gasteiger partial charge >= 0.3 is 0 Å². The normalized spacial score (nSPS) is 14.9. The zero-order valence-corrected chi connectivity index (χ0v) is 12.1. The number of hydrogen-bond donors (Lipinski definition) is 4. The summed E-state index contributed by atoms with van der Waals surface area (Å²) in [6.45, 7) is 3.11. The first-order valence-electron chi connectivity index (χ1n) is 7.44. The minimum absolute atomic E-state index is 0.531. The number of rotatable bonds is 4. The minimum Gasteiger partial charge on any atom is -0.384 e. The van der Waals surface area contributed by atoms with E-state index in [9.17, 15) is 0 Å². The van der Waals surface area contributed by atoms with Gasteiger partial charge in [-0.3, -0.25) is 5.10 Å². The first-order chi connectivity index (χ1) is 10.8. The van der Waals surface area contributed by atoms with E-state index in [-0.39, 0.29) is 0 Å². The highest BCUT2D eigenvalue weighted by Crippen LogP contribution is 2.28. The summed E-state index contributed by atoms with van der Waals surface area (Å²) in [5, 5.41) is 14.8. The van der Waals surface area contributed by atoms with Crippen molar-refractivity contribution in [1.29, 1.82) is 0 Å². The van der Waals surface area contributed by atoms with Gasteiger partial charge in [0.25, 0.3) is 0 Å². The van der Waals surface area contributed by atoms with Crippen molar-refractivity contribution >= 4 is 22.4 Å². The standard InChI is InChI=1S/C16H18N6/c17-16-6-14(19-9-10-7-18-8-10)12-2-1-11(5-15(12)21-16)13-3-4-20-22-13/h1-6,10,18H,7-9H2,(H,20,22)(H3,17,19,21). The van der Waals surface area contributed by atoms with Gasteiger partial charge in [-0.2, -0.15) is 5.10 Å². The molecule has 6 heteroatoms. The molecule has 112 valence electrons. The van der Waals surface area contributed by atoms with Crippen LogP contribution in [0.15, 0.2) is 36.5 Å². The van der Waals surface area contributed by atoms with E-state index in [1.807, 2.05) is 18.2 Å². The number of H-pyrrole nitrogens is 1. The van der Waals surface area contributed by atoms with Gasteiger partial charge in [-0.25, -0.2) is 4.98 Å². The molecule has 3 heterocycles. The van der Waals surface area contributed by atoms with E-state index in [1.54, 1.807) is 6.20 Å². The van der Waals surface area contributed by atoms with Crippen LogP contribution in [0.2, 0.25) is 0 Å². The summed E-state index contributed by atoms with van der Waals surface area (Å²) >= 11 is 0. The maximum atomic E-state index is 5.96. The van der Waals surface area contributed by atoms with Crippen LogP contribution in [-0.2, 0) is 0 Å². The van der Waals surface area contributed by atoms with E-state index in [0.717, 1.165) is 47.5 Å². The first-order valence-corrected chi connectivity index (χ1v) is 7.44. The smallest absolute Gasteiger partial charge is 0.126 e. The van der Waals surface area contributed by atoms with E-state index in [0.29, 0.717) is 11.7 Å². The maximum absolute atomic E-state index is 5.96. The van der Waals surface area contributed by atoms with Gasteiger partial charge in [0.05, 0.1) is 11.2 Å². The first kappa shape index (κ1) is 13.1. The molecule has 1 saturated heterocycles. The lowest BCUT2D eigenvalue weighted by atomic mass is 10.0. The molecule has 0 spiro atoms. The summed E-state index contributed by atoms with van der Waals surface area (Å²) in [6, 6.07) is 10.0. The van der Waals surface area contributed by atoms with Gasteiger partial charge in [-0.1, -0.05) is 12.1 Å². The number of nitrogens with two attached hydrogens (primary N) is 1. The van der Waals surface area contributed by atoms with E-state index in [2.05, 4.69) is 37.9 Å². The number of pyridine rings is 1. The van der Waals surface area contributed by atoms with Crippen molar-refractivity contribution < 1.29 is 0 Å². The predicted octanol–water partition coefficient (Wildman–Crippen LogP) is 1.84. The molecule has 1 aromatic carbocycles. The number of nitrogens with one attached hydrogen (secondary N) is 3. The third kappa shape index (κ3) is 2.37. The minimum atomic E-state index is 0.531. The van der Waals surface area contributed by atoms with E-state index in [1.165, 1.54) is 0 Å². The third-order valence-electron chi connectivity index (χ3n) is 4.09. The van der Waals surface area contributed by atoms with Crippen molar-refractivity contribution in [2.45, 2.75) is 0 Å². The molecule has 0 bridgehead atoms. The Morgan fingerprint density at radius 3 is 2.86 bits per heavy atom. The quantitative estimate of drug-likeness (QED) is 0.589. The topological polar surface area (TPSA) is 91.6 Å². The summed E-state index contributed by atoms with van der Waals surface area (Å²) in [6.07, 6.45) is 1.74. The van der Waals surface area contributed by atoms with E-state index in [4.69, 9.17) is 5.73 Å². The van der Waals surface area contributed by atoms with Gasteiger partial charge in [0.2, 0.25) is 0 Å². The van der Waals surface area contributed by atoms with Gasteiger partial charge in [0, 0.05) is 54.5 Å². The number of fused-ring (bicyclic) bond motifs is 1. The Balaban J connectivity index is 1.70. The molecule has 3 aromatic rings. The van der Waals surface area contributed by atoms with Crippen LogP contribution in [0.4, 0.5) is 11.5 Å². The highest BCUT2D eigenvalue weighted by Gasteiger charge is 2.16. The third-order valence-corrected chi connectivity index (χ3v) is 4.09. The predicted molar refractivity (Wildman–Crippen MR) is 88.6 cm³/mol. The Hall–Kier alpha value is -2.60. The van der Waals surface area contributed by atoms with Crippen LogP contribution in [0.5, 0.6) is 0 Å². The molecule has 22 heavy (non-hydrogen) atoms. The summed E-state index contributed by atoms with van der Waals surface area (Å²) in [4.78, 5) is 4.46. The second-order valence-corrected chi connectivity index (χ2v) is 5.70. The summed E-state index contributed by atoms with van der Waals surface area (Å²) in [5.74, 6) is 1.22. The molecule has 0 saturated carbocycles. The fourth-order valence-electron chi connectivity index (χ4n) is 2.73. The fourth-order valence-corrected chi connectivity index (χ4v) is 2.73. The number of nitrogen functional groups attached to an aromatic ring is 1. The number of aromatic nitrogens is 3. The van der Waals surface area contributed by atoms with E-state index >= 15 is 0 Å². The molecule has 0 aliphatic carbocycles. The van der Waals surface area contributed by atoms with Crippen molar-refractivity contribution in [2.24, 2.45) is 5.92 Å². The Morgan fingerprint density at radius 2 is 2.14 bits per heavy atom. The van der Waals surface area contributed by atoms with E-state index < -0.39 is 0 Å². The molecule has 0 amide bonds. The average molecular weight is 294 g/mol. The van der Waals surface area contributed by atoms with Crippen LogP contribution in [-0.4, -0.2) is 34.8 Å². The number of hydrogen-bond acceptors (Lipinski definition) is 5. The largest absolute Gasteiger partial charge is 0.384 e. The van der Waals surface area contributed by atoms with Crippen LogP contribution in [0.25, 0.3) is 22.2 Å². The highest BCUT2D eigenvalue weighted by atomic mass is 15.1. The molecular formula is C16H18N6. The number of nitrogens with zero attached hydrogens (tertiary/aromatic N) is 2. The lowest BCUT2D eigenvalue weighted by Gasteiger charge is -2.27. The Morgan fingerprint density at radius 1 is 1.23 bits per heavy atom. The molecule has 2 aromatic heterocycles. The van der Waals surface area contributed by atoms with Crippen molar-refractivity contribution in [2.75, 3.05) is 30.7 Å². The molecule has 1 aliphatic rings. The Bertz CT molecular complexity index is 792. The SMILES string of the molecule is Nc1cc(NCC2CNC2)c2ccc(-c3ccn[nH]3)cc2n1. The van der Waals surface area contributed by atoms with Gasteiger partial charge in [0.15, 0.2) is 0 Å². The summed E-state index contributed by atoms with van der Waals surface area (Å²) in [5.41, 5.74) is 9.93. The van der Waals surface area contributed by atoms with Crippen molar-refractivity contribution in [1.82, 2.24) is 20.5 Å². The lowest BCUT2D eigenvalue weighted by molar-refractivity contribution is 0.365. The van der Waals surface area contributed by atoms with Gasteiger partial charge < -0.3 is 16.4 Å². The highest BCUT2D eigenvalue weighted by molar-refractivity contribution is 5.95. The molecular weight excluding hydrogens is 276 g/mol. The van der Waals surface area contributed by atoms with Gasteiger partial charge in [-0.05, 0) is 12.1 Å². The van der Waals surface area contributed by atoms with Crippen LogP contribution >= 0.6 is 0 Å². The second-order valence-electron chi connectivity index (χ2n) is 5.70. The van der Waals surface area contributed by atoms with Crippen LogP contribution < -0.4 is 16.4 Å². The van der Waals surface area contributed by atoms with Crippen LogP contribution in [0.3, 0.4) is 0 Å².